The van der Waals surface area contributed by atoms with Crippen LogP contribution in [0.4, 0.5) is 5.82 Å². The van der Waals surface area contributed by atoms with Gasteiger partial charge in [0.05, 0.1) is 5.69 Å². The lowest BCUT2D eigenvalue weighted by molar-refractivity contribution is 0.652. The molecule has 5 heteroatoms. The Morgan fingerprint density at radius 2 is 2.00 bits per heavy atom. The molecule has 2 aromatic rings. The number of anilines is 1. The minimum absolute atomic E-state index is 0.870. The average Bonchev–Trinajstić information content (AvgIpc) is 2.93. The first kappa shape index (κ1) is 14.0. The van der Waals surface area contributed by atoms with Gasteiger partial charge in [-0.2, -0.15) is 0 Å². The van der Waals surface area contributed by atoms with Crippen molar-refractivity contribution in [3.63, 3.8) is 0 Å². The molecule has 0 aromatic carbocycles. The molecule has 21 heavy (non-hydrogen) atoms. The Morgan fingerprint density at radius 3 is 2.81 bits per heavy atom. The van der Waals surface area contributed by atoms with Gasteiger partial charge < -0.3 is 5.32 Å². The highest BCUT2D eigenvalue weighted by molar-refractivity contribution is 5.52. The van der Waals surface area contributed by atoms with Gasteiger partial charge in [0.1, 0.15) is 24.3 Å². The van der Waals surface area contributed by atoms with Crippen molar-refractivity contribution < 1.29 is 0 Å². The van der Waals surface area contributed by atoms with E-state index in [0.717, 1.165) is 43.9 Å². The number of rotatable bonds is 5. The van der Waals surface area contributed by atoms with E-state index in [4.69, 9.17) is 0 Å². The topological polar surface area (TPSA) is 55.6 Å². The molecule has 0 bridgehead atoms. The molecular formula is C16H23N5. The zero-order valence-corrected chi connectivity index (χ0v) is 12.9. The molecule has 1 aliphatic carbocycles. The van der Waals surface area contributed by atoms with E-state index in [-0.39, 0.29) is 0 Å². The normalized spacial score (nSPS) is 14.0. The highest BCUT2D eigenvalue weighted by atomic mass is 15.1. The summed E-state index contributed by atoms with van der Waals surface area (Å²) in [7, 11) is 0. The highest BCUT2D eigenvalue weighted by Crippen LogP contribution is 2.26. The molecule has 3 rings (SSSR count). The first-order chi connectivity index (χ1) is 10.3. The summed E-state index contributed by atoms with van der Waals surface area (Å²) in [6.45, 7) is 5.15. The fraction of sp³-hybridized carbons (Fsp3) is 0.562. The third kappa shape index (κ3) is 2.64. The predicted molar refractivity (Wildman–Crippen MR) is 84.0 cm³/mol. The van der Waals surface area contributed by atoms with Crippen molar-refractivity contribution in [3.8, 4) is 5.82 Å². The number of hydrogen-bond donors (Lipinski definition) is 1. The standard InChI is InChI=1S/C16H23N5/c1-3-7-12-15(17-4-2)18-10-19-16(12)21-11-20-13-8-5-6-9-14(13)21/h10-11H,3-9H2,1-2H3,(H,17,18,19). The quantitative estimate of drug-likeness (QED) is 0.917. The molecule has 5 nitrogen and oxygen atoms in total. The number of nitrogens with one attached hydrogen (secondary N) is 1. The van der Waals surface area contributed by atoms with Gasteiger partial charge in [-0.05, 0) is 39.0 Å². The summed E-state index contributed by atoms with van der Waals surface area (Å²) in [6.07, 6.45) is 10.3. The summed E-state index contributed by atoms with van der Waals surface area (Å²) in [6, 6.07) is 0. The van der Waals surface area contributed by atoms with Crippen molar-refractivity contribution in [2.75, 3.05) is 11.9 Å². The molecule has 0 saturated heterocycles. The number of imidazole rings is 1. The van der Waals surface area contributed by atoms with Crippen LogP contribution in [-0.4, -0.2) is 26.1 Å². The van der Waals surface area contributed by atoms with Gasteiger partial charge in [-0.3, -0.25) is 4.57 Å². The number of aromatic nitrogens is 4. The number of hydrogen-bond acceptors (Lipinski definition) is 4. The first-order valence-corrected chi connectivity index (χ1v) is 7.98. The van der Waals surface area contributed by atoms with Crippen molar-refractivity contribution in [2.45, 2.75) is 52.4 Å². The molecule has 0 unspecified atom stereocenters. The van der Waals surface area contributed by atoms with E-state index in [2.05, 4.69) is 38.7 Å². The molecule has 0 aliphatic heterocycles. The van der Waals surface area contributed by atoms with Crippen molar-refractivity contribution in [1.82, 2.24) is 19.5 Å². The summed E-state index contributed by atoms with van der Waals surface area (Å²) < 4.78 is 2.18. The van der Waals surface area contributed by atoms with Crippen LogP contribution in [0.15, 0.2) is 12.7 Å². The third-order valence-corrected chi connectivity index (χ3v) is 4.03. The maximum atomic E-state index is 4.59. The molecule has 0 amide bonds. The van der Waals surface area contributed by atoms with Gasteiger partial charge in [0, 0.05) is 17.8 Å². The predicted octanol–water partition coefficient (Wildman–Crippen LogP) is 2.93. The Kier molecular flexibility index (Phi) is 4.18. The van der Waals surface area contributed by atoms with Gasteiger partial charge in [-0.25, -0.2) is 15.0 Å². The Morgan fingerprint density at radius 1 is 1.14 bits per heavy atom. The van der Waals surface area contributed by atoms with Crippen molar-refractivity contribution in [1.29, 1.82) is 0 Å². The second kappa shape index (κ2) is 6.24. The van der Waals surface area contributed by atoms with Gasteiger partial charge in [-0.15, -0.1) is 0 Å². The summed E-state index contributed by atoms with van der Waals surface area (Å²) in [5.41, 5.74) is 3.78. The largest absolute Gasteiger partial charge is 0.370 e. The lowest BCUT2D eigenvalue weighted by Crippen LogP contribution is -2.13. The number of fused-ring (bicyclic) bond motifs is 1. The van der Waals surface area contributed by atoms with Gasteiger partial charge in [-0.1, -0.05) is 13.3 Å². The Hall–Kier alpha value is -1.91. The zero-order chi connectivity index (χ0) is 14.7. The Bertz CT molecular complexity index is 617. The lowest BCUT2D eigenvalue weighted by Gasteiger charge is -2.17. The van der Waals surface area contributed by atoms with Crippen molar-refractivity contribution in [3.05, 3.63) is 29.6 Å². The molecule has 2 aromatic heterocycles. The maximum absolute atomic E-state index is 4.59. The zero-order valence-electron chi connectivity index (χ0n) is 12.9. The summed E-state index contributed by atoms with van der Waals surface area (Å²) in [4.78, 5) is 13.6. The van der Waals surface area contributed by atoms with E-state index < -0.39 is 0 Å². The van der Waals surface area contributed by atoms with Crippen LogP contribution >= 0.6 is 0 Å². The van der Waals surface area contributed by atoms with Crippen LogP contribution < -0.4 is 5.32 Å². The summed E-state index contributed by atoms with van der Waals surface area (Å²) in [5, 5.41) is 3.36. The smallest absolute Gasteiger partial charge is 0.146 e. The Balaban J connectivity index is 2.09. The van der Waals surface area contributed by atoms with Gasteiger partial charge in [0.25, 0.3) is 0 Å². The van der Waals surface area contributed by atoms with Crippen LogP contribution in [0.2, 0.25) is 0 Å². The van der Waals surface area contributed by atoms with Crippen molar-refractivity contribution >= 4 is 5.82 Å². The van der Waals surface area contributed by atoms with E-state index in [1.165, 1.54) is 29.8 Å². The van der Waals surface area contributed by atoms with E-state index in [1.54, 1.807) is 6.33 Å². The van der Waals surface area contributed by atoms with Crippen LogP contribution in [0.3, 0.4) is 0 Å². The molecule has 0 spiro atoms. The second-order valence-electron chi connectivity index (χ2n) is 5.52. The molecule has 1 N–H and O–H groups in total. The molecule has 0 radical (unpaired) electrons. The van der Waals surface area contributed by atoms with E-state index in [9.17, 15) is 0 Å². The molecule has 2 heterocycles. The van der Waals surface area contributed by atoms with Gasteiger partial charge in [0.15, 0.2) is 0 Å². The van der Waals surface area contributed by atoms with Crippen LogP contribution in [0.25, 0.3) is 5.82 Å². The van der Waals surface area contributed by atoms with Crippen LogP contribution in [0, 0.1) is 0 Å². The first-order valence-electron chi connectivity index (χ1n) is 7.98. The van der Waals surface area contributed by atoms with E-state index in [1.807, 2.05) is 6.33 Å². The van der Waals surface area contributed by atoms with Gasteiger partial charge >= 0.3 is 0 Å². The fourth-order valence-electron chi connectivity index (χ4n) is 3.06. The molecule has 1 aliphatic rings. The molecule has 0 atom stereocenters. The fourth-order valence-corrected chi connectivity index (χ4v) is 3.06. The molecular weight excluding hydrogens is 262 g/mol. The van der Waals surface area contributed by atoms with E-state index in [0.29, 0.717) is 0 Å². The van der Waals surface area contributed by atoms with Crippen LogP contribution in [0.1, 0.15) is 50.1 Å². The van der Waals surface area contributed by atoms with Crippen molar-refractivity contribution in [2.24, 2.45) is 0 Å². The third-order valence-electron chi connectivity index (χ3n) is 4.03. The molecule has 112 valence electrons. The molecule has 0 saturated carbocycles. The van der Waals surface area contributed by atoms with Crippen LogP contribution in [0.5, 0.6) is 0 Å². The second-order valence-corrected chi connectivity index (χ2v) is 5.52. The van der Waals surface area contributed by atoms with Gasteiger partial charge in [0.2, 0.25) is 0 Å². The number of aryl methyl sites for hydroxylation is 1. The summed E-state index contributed by atoms with van der Waals surface area (Å²) in [5.74, 6) is 1.96. The number of nitrogens with zero attached hydrogens (tertiary/aromatic N) is 4. The minimum Gasteiger partial charge on any atom is -0.370 e. The highest BCUT2D eigenvalue weighted by Gasteiger charge is 2.19. The lowest BCUT2D eigenvalue weighted by atomic mass is 10.0. The van der Waals surface area contributed by atoms with E-state index >= 15 is 0 Å². The monoisotopic (exact) mass is 285 g/mol. The molecule has 0 fully saturated rings. The maximum Gasteiger partial charge on any atom is 0.146 e. The van der Waals surface area contributed by atoms with Crippen LogP contribution in [-0.2, 0) is 19.3 Å². The summed E-state index contributed by atoms with van der Waals surface area (Å²) >= 11 is 0. The SMILES string of the molecule is CCCc1c(NCC)ncnc1-n1cnc2c1CCCC2. The Labute approximate surface area is 125 Å². The minimum atomic E-state index is 0.870. The average molecular weight is 285 g/mol.